The molecular formula is C19H24N4O3. The lowest BCUT2D eigenvalue weighted by Crippen LogP contribution is -2.39. The second-order valence-electron chi connectivity index (χ2n) is 7.00. The number of ether oxygens (including phenoxy) is 2. The summed E-state index contributed by atoms with van der Waals surface area (Å²) in [5, 5.41) is 8.45. The summed E-state index contributed by atoms with van der Waals surface area (Å²) in [7, 11) is 1.64. The predicted molar refractivity (Wildman–Crippen MR) is 94.5 cm³/mol. The average Bonchev–Trinajstić information content (AvgIpc) is 3.41. The van der Waals surface area contributed by atoms with E-state index in [9.17, 15) is 4.79 Å². The second-order valence-corrected chi connectivity index (χ2v) is 7.00. The van der Waals surface area contributed by atoms with Gasteiger partial charge in [0.05, 0.1) is 38.9 Å². The number of rotatable bonds is 7. The zero-order valence-electron chi connectivity index (χ0n) is 15.1. The molecule has 7 heteroatoms. The van der Waals surface area contributed by atoms with E-state index < -0.39 is 0 Å². The minimum atomic E-state index is 0.118. The Bertz CT molecular complexity index is 768. The Labute approximate surface area is 152 Å². The van der Waals surface area contributed by atoms with E-state index in [1.54, 1.807) is 7.11 Å². The number of hydrogen-bond acceptors (Lipinski definition) is 5. The van der Waals surface area contributed by atoms with Crippen molar-refractivity contribution in [3.05, 3.63) is 41.2 Å². The van der Waals surface area contributed by atoms with Gasteiger partial charge in [-0.25, -0.2) is 4.68 Å². The van der Waals surface area contributed by atoms with E-state index in [0.29, 0.717) is 32.7 Å². The van der Waals surface area contributed by atoms with Crippen LogP contribution in [0.2, 0.25) is 0 Å². The standard InChI is InChI=1S/C19H24N4O3/c1-25-16-6-4-14(5-7-16)10-19(24)22-8-9-23-18(11-22)17(20-21-23)13-26-12-15-2-3-15/h4-7,15H,2-3,8-13H2,1H3. The first-order valence-corrected chi connectivity index (χ1v) is 9.12. The smallest absolute Gasteiger partial charge is 0.227 e. The van der Waals surface area contributed by atoms with E-state index in [1.807, 2.05) is 33.8 Å². The molecular weight excluding hydrogens is 332 g/mol. The van der Waals surface area contributed by atoms with E-state index in [2.05, 4.69) is 10.3 Å². The molecule has 1 amide bonds. The lowest BCUT2D eigenvalue weighted by Gasteiger charge is -2.28. The fourth-order valence-corrected chi connectivity index (χ4v) is 3.16. The first kappa shape index (κ1) is 17.0. The Morgan fingerprint density at radius 1 is 1.23 bits per heavy atom. The molecule has 2 heterocycles. The molecule has 7 nitrogen and oxygen atoms in total. The summed E-state index contributed by atoms with van der Waals surface area (Å²) < 4.78 is 12.8. The molecule has 0 spiro atoms. The minimum absolute atomic E-state index is 0.118. The van der Waals surface area contributed by atoms with Gasteiger partial charge in [0.15, 0.2) is 0 Å². The lowest BCUT2D eigenvalue weighted by atomic mass is 10.1. The number of methoxy groups -OCH3 is 1. The van der Waals surface area contributed by atoms with Crippen molar-refractivity contribution in [1.29, 1.82) is 0 Å². The summed E-state index contributed by atoms with van der Waals surface area (Å²) in [5.74, 6) is 1.64. The molecule has 1 aliphatic carbocycles. The van der Waals surface area contributed by atoms with E-state index >= 15 is 0 Å². The molecule has 1 fully saturated rings. The third-order valence-electron chi connectivity index (χ3n) is 5.00. The van der Waals surface area contributed by atoms with Gasteiger partial charge in [-0.1, -0.05) is 17.3 Å². The van der Waals surface area contributed by atoms with Crippen molar-refractivity contribution in [3.8, 4) is 5.75 Å². The molecule has 0 bridgehead atoms. The van der Waals surface area contributed by atoms with Crippen molar-refractivity contribution < 1.29 is 14.3 Å². The van der Waals surface area contributed by atoms with Crippen LogP contribution in [0.4, 0.5) is 0 Å². The molecule has 1 aromatic carbocycles. The minimum Gasteiger partial charge on any atom is -0.497 e. The van der Waals surface area contributed by atoms with Crippen LogP contribution in [-0.4, -0.2) is 46.1 Å². The molecule has 1 saturated carbocycles. The summed E-state index contributed by atoms with van der Waals surface area (Å²) in [4.78, 5) is 14.6. The Hall–Kier alpha value is -2.41. The highest BCUT2D eigenvalue weighted by atomic mass is 16.5. The van der Waals surface area contributed by atoms with Crippen molar-refractivity contribution in [2.45, 2.75) is 39.0 Å². The normalized spacial score (nSPS) is 16.4. The largest absolute Gasteiger partial charge is 0.497 e. The van der Waals surface area contributed by atoms with Gasteiger partial charge in [0.25, 0.3) is 0 Å². The van der Waals surface area contributed by atoms with E-state index in [-0.39, 0.29) is 5.91 Å². The summed E-state index contributed by atoms with van der Waals surface area (Å²) >= 11 is 0. The Morgan fingerprint density at radius 3 is 2.77 bits per heavy atom. The van der Waals surface area contributed by atoms with Gasteiger partial charge in [0, 0.05) is 13.2 Å². The van der Waals surface area contributed by atoms with E-state index in [4.69, 9.17) is 9.47 Å². The zero-order chi connectivity index (χ0) is 17.9. The molecule has 0 N–H and O–H groups in total. The summed E-state index contributed by atoms with van der Waals surface area (Å²) in [5.41, 5.74) is 2.84. The van der Waals surface area contributed by atoms with Gasteiger partial charge >= 0.3 is 0 Å². The maximum atomic E-state index is 12.7. The summed E-state index contributed by atoms with van der Waals surface area (Å²) in [6, 6.07) is 7.63. The van der Waals surface area contributed by atoms with Crippen molar-refractivity contribution >= 4 is 5.91 Å². The number of benzene rings is 1. The summed E-state index contributed by atoms with van der Waals surface area (Å²) in [6.07, 6.45) is 2.93. The van der Waals surface area contributed by atoms with Crippen LogP contribution < -0.4 is 4.74 Å². The van der Waals surface area contributed by atoms with Crippen molar-refractivity contribution in [2.75, 3.05) is 20.3 Å². The maximum absolute atomic E-state index is 12.7. The van der Waals surface area contributed by atoms with Crippen molar-refractivity contribution in [1.82, 2.24) is 19.9 Å². The van der Waals surface area contributed by atoms with E-state index in [1.165, 1.54) is 12.8 Å². The number of hydrogen-bond donors (Lipinski definition) is 0. The molecule has 26 heavy (non-hydrogen) atoms. The van der Waals surface area contributed by atoms with Gasteiger partial charge < -0.3 is 14.4 Å². The molecule has 0 saturated heterocycles. The Balaban J connectivity index is 1.36. The SMILES string of the molecule is COc1ccc(CC(=O)N2CCn3nnc(COCC4CC4)c3C2)cc1. The van der Waals surface area contributed by atoms with Crippen LogP contribution >= 0.6 is 0 Å². The molecule has 1 aromatic heterocycles. The van der Waals surface area contributed by atoms with Gasteiger partial charge in [-0.3, -0.25) is 4.79 Å². The van der Waals surface area contributed by atoms with Gasteiger partial charge in [-0.2, -0.15) is 0 Å². The van der Waals surface area contributed by atoms with Gasteiger partial charge in [0.1, 0.15) is 11.4 Å². The Kier molecular flexibility index (Phi) is 4.88. The van der Waals surface area contributed by atoms with Crippen LogP contribution in [0.3, 0.4) is 0 Å². The molecule has 4 rings (SSSR count). The first-order valence-electron chi connectivity index (χ1n) is 9.12. The van der Waals surface area contributed by atoms with Gasteiger partial charge in [-0.05, 0) is 36.5 Å². The number of carbonyl (C=O) groups is 1. The molecule has 2 aliphatic rings. The van der Waals surface area contributed by atoms with Crippen LogP contribution in [0.5, 0.6) is 5.75 Å². The quantitative estimate of drug-likeness (QED) is 0.757. The zero-order valence-corrected chi connectivity index (χ0v) is 15.1. The molecule has 0 unspecified atom stereocenters. The highest BCUT2D eigenvalue weighted by Gasteiger charge is 2.26. The predicted octanol–water partition coefficient (Wildman–Crippen LogP) is 1.80. The van der Waals surface area contributed by atoms with Crippen LogP contribution in [0.1, 0.15) is 29.8 Å². The average molecular weight is 356 g/mol. The molecule has 0 atom stereocenters. The van der Waals surface area contributed by atoms with Crippen LogP contribution in [0, 0.1) is 5.92 Å². The van der Waals surface area contributed by atoms with Gasteiger partial charge in [0.2, 0.25) is 5.91 Å². The van der Waals surface area contributed by atoms with E-state index in [0.717, 1.165) is 35.2 Å². The molecule has 2 aromatic rings. The number of aromatic nitrogens is 3. The third kappa shape index (κ3) is 3.88. The molecule has 0 radical (unpaired) electrons. The van der Waals surface area contributed by atoms with Crippen LogP contribution in [0.25, 0.3) is 0 Å². The van der Waals surface area contributed by atoms with Crippen molar-refractivity contribution in [3.63, 3.8) is 0 Å². The number of carbonyl (C=O) groups excluding carboxylic acids is 1. The maximum Gasteiger partial charge on any atom is 0.227 e. The van der Waals surface area contributed by atoms with Crippen molar-refractivity contribution in [2.24, 2.45) is 5.92 Å². The monoisotopic (exact) mass is 356 g/mol. The number of nitrogens with zero attached hydrogens (tertiary/aromatic N) is 4. The topological polar surface area (TPSA) is 69.5 Å². The number of amides is 1. The van der Waals surface area contributed by atoms with Crippen LogP contribution in [0.15, 0.2) is 24.3 Å². The lowest BCUT2D eigenvalue weighted by molar-refractivity contribution is -0.132. The Morgan fingerprint density at radius 2 is 2.04 bits per heavy atom. The first-order chi connectivity index (χ1) is 12.7. The molecule has 1 aliphatic heterocycles. The fraction of sp³-hybridized carbons (Fsp3) is 0.526. The van der Waals surface area contributed by atoms with Gasteiger partial charge in [-0.15, -0.1) is 5.10 Å². The highest BCUT2D eigenvalue weighted by molar-refractivity contribution is 5.78. The fourth-order valence-electron chi connectivity index (χ4n) is 3.16. The van der Waals surface area contributed by atoms with Crippen LogP contribution in [-0.2, 0) is 35.6 Å². The number of fused-ring (bicyclic) bond motifs is 1. The molecule has 138 valence electrons. The summed E-state index contributed by atoms with van der Waals surface area (Å²) in [6.45, 7) is 3.16. The second kappa shape index (κ2) is 7.45. The third-order valence-corrected chi connectivity index (χ3v) is 5.00. The highest BCUT2D eigenvalue weighted by Crippen LogP contribution is 2.29.